The first kappa shape index (κ1) is 16.5. The molecule has 0 N–H and O–H groups in total. The van der Waals surface area contributed by atoms with Crippen molar-refractivity contribution in [1.29, 1.82) is 0 Å². The maximum Gasteiger partial charge on any atom is 0.260 e. The third-order valence-corrected chi connectivity index (χ3v) is 4.97. The van der Waals surface area contributed by atoms with Crippen molar-refractivity contribution in [3.63, 3.8) is 0 Å². The molecule has 4 rings (SSSR count). The van der Waals surface area contributed by atoms with E-state index in [1.165, 1.54) is 0 Å². The van der Waals surface area contributed by atoms with E-state index in [4.69, 9.17) is 0 Å². The Kier molecular flexibility index (Phi) is 4.29. The van der Waals surface area contributed by atoms with Gasteiger partial charge >= 0.3 is 0 Å². The van der Waals surface area contributed by atoms with Gasteiger partial charge in [0.25, 0.3) is 11.5 Å². The number of amides is 1. The number of aromatic nitrogens is 2. The number of carbonyl (C=O) groups excluding carboxylic acids is 1. The molecule has 1 saturated heterocycles. The van der Waals surface area contributed by atoms with Crippen LogP contribution < -0.4 is 5.56 Å². The van der Waals surface area contributed by atoms with Crippen LogP contribution in [0.1, 0.15) is 34.5 Å². The Balaban J connectivity index is 1.76. The van der Waals surface area contributed by atoms with Gasteiger partial charge in [-0.3, -0.25) is 14.6 Å². The summed E-state index contributed by atoms with van der Waals surface area (Å²) in [7, 11) is 0. The van der Waals surface area contributed by atoms with Gasteiger partial charge in [0.05, 0.1) is 28.7 Å². The fourth-order valence-corrected chi connectivity index (χ4v) is 3.52. The van der Waals surface area contributed by atoms with Crippen LogP contribution in [0.2, 0.25) is 0 Å². The van der Waals surface area contributed by atoms with Crippen LogP contribution in [-0.4, -0.2) is 33.4 Å². The maximum atomic E-state index is 12.9. The topological polar surface area (TPSA) is 55.2 Å². The molecule has 0 atom stereocenters. The molecule has 3 aromatic rings. The molecule has 5 nitrogen and oxygen atoms in total. The molecule has 3 heterocycles. The van der Waals surface area contributed by atoms with Gasteiger partial charge in [0.2, 0.25) is 0 Å². The van der Waals surface area contributed by atoms with E-state index in [0.717, 1.165) is 31.5 Å². The number of carbonyl (C=O) groups is 1. The zero-order valence-corrected chi connectivity index (χ0v) is 14.8. The summed E-state index contributed by atoms with van der Waals surface area (Å²) >= 11 is 0. The van der Waals surface area contributed by atoms with E-state index in [-0.39, 0.29) is 11.5 Å². The number of fused-ring (bicyclic) bond motifs is 1. The van der Waals surface area contributed by atoms with Crippen molar-refractivity contribution in [3.8, 4) is 0 Å². The summed E-state index contributed by atoms with van der Waals surface area (Å²) in [6.45, 7) is 3.89. The van der Waals surface area contributed by atoms with Crippen molar-refractivity contribution >= 4 is 16.8 Å². The Hall–Kier alpha value is -2.95. The van der Waals surface area contributed by atoms with Gasteiger partial charge < -0.3 is 9.47 Å². The highest BCUT2D eigenvalue weighted by Gasteiger charge is 2.22. The van der Waals surface area contributed by atoms with Crippen LogP contribution in [0.4, 0.5) is 0 Å². The van der Waals surface area contributed by atoms with E-state index in [1.54, 1.807) is 16.8 Å². The number of rotatable bonds is 3. The number of aryl methyl sites for hydroxylation is 1. The lowest BCUT2D eigenvalue weighted by Crippen LogP contribution is -2.29. The van der Waals surface area contributed by atoms with E-state index < -0.39 is 0 Å². The third kappa shape index (κ3) is 3.01. The number of hydrogen-bond acceptors (Lipinski definition) is 3. The minimum Gasteiger partial charge on any atom is -0.339 e. The summed E-state index contributed by atoms with van der Waals surface area (Å²) in [5.41, 5.74) is 2.79. The second-order valence-electron chi connectivity index (χ2n) is 6.79. The molecular weight excluding hydrogens is 326 g/mol. The van der Waals surface area contributed by atoms with Crippen LogP contribution in [0.25, 0.3) is 10.9 Å². The molecule has 0 bridgehead atoms. The van der Waals surface area contributed by atoms with Crippen LogP contribution in [0.15, 0.2) is 53.5 Å². The molecule has 0 saturated carbocycles. The molecule has 26 heavy (non-hydrogen) atoms. The smallest absolute Gasteiger partial charge is 0.260 e. The average Bonchev–Trinajstić information content (AvgIpc) is 3.19. The van der Waals surface area contributed by atoms with Crippen LogP contribution in [-0.2, 0) is 6.54 Å². The Morgan fingerprint density at radius 1 is 1.12 bits per heavy atom. The first-order valence-electron chi connectivity index (χ1n) is 8.97. The van der Waals surface area contributed by atoms with E-state index in [1.807, 2.05) is 48.2 Å². The summed E-state index contributed by atoms with van der Waals surface area (Å²) < 4.78 is 1.67. The molecule has 132 valence electrons. The lowest BCUT2D eigenvalue weighted by atomic mass is 10.1. The highest BCUT2D eigenvalue weighted by atomic mass is 16.2. The van der Waals surface area contributed by atoms with Crippen LogP contribution in [0, 0.1) is 6.92 Å². The molecule has 1 aromatic carbocycles. The SMILES string of the molecule is Cc1nc2ccn(Cc3ccccc3)c(=O)c2cc1C(=O)N1CCCC1. The monoisotopic (exact) mass is 347 g/mol. The van der Waals surface area contributed by atoms with Gasteiger partial charge in [0.1, 0.15) is 0 Å². The summed E-state index contributed by atoms with van der Waals surface area (Å²) in [6, 6.07) is 13.4. The minimum absolute atomic E-state index is 0.0211. The second-order valence-corrected chi connectivity index (χ2v) is 6.79. The molecular formula is C21H21N3O2. The lowest BCUT2D eigenvalue weighted by molar-refractivity contribution is 0.0792. The zero-order chi connectivity index (χ0) is 18.1. The molecule has 0 aliphatic carbocycles. The van der Waals surface area contributed by atoms with E-state index in [9.17, 15) is 9.59 Å². The van der Waals surface area contributed by atoms with Crippen LogP contribution in [0.3, 0.4) is 0 Å². The van der Waals surface area contributed by atoms with E-state index in [0.29, 0.717) is 28.7 Å². The van der Waals surface area contributed by atoms with Crippen LogP contribution in [0.5, 0.6) is 0 Å². The molecule has 1 amide bonds. The predicted molar refractivity (Wildman–Crippen MR) is 101 cm³/mol. The van der Waals surface area contributed by atoms with E-state index >= 15 is 0 Å². The molecule has 1 aliphatic heterocycles. The van der Waals surface area contributed by atoms with Crippen molar-refractivity contribution in [2.45, 2.75) is 26.3 Å². The van der Waals surface area contributed by atoms with E-state index in [2.05, 4.69) is 4.98 Å². The number of benzene rings is 1. The van der Waals surface area contributed by atoms with Gasteiger partial charge in [-0.05, 0) is 37.5 Å². The zero-order valence-electron chi connectivity index (χ0n) is 14.8. The third-order valence-electron chi connectivity index (χ3n) is 4.97. The van der Waals surface area contributed by atoms with Gasteiger partial charge in [0, 0.05) is 19.3 Å². The second kappa shape index (κ2) is 6.75. The van der Waals surface area contributed by atoms with Crippen LogP contribution >= 0.6 is 0 Å². The normalized spacial score (nSPS) is 14.1. The lowest BCUT2D eigenvalue weighted by Gasteiger charge is -2.17. The average molecular weight is 347 g/mol. The van der Waals surface area contributed by atoms with Gasteiger partial charge in [-0.2, -0.15) is 0 Å². The quantitative estimate of drug-likeness (QED) is 0.732. The highest BCUT2D eigenvalue weighted by Crippen LogP contribution is 2.18. The fourth-order valence-electron chi connectivity index (χ4n) is 3.52. The minimum atomic E-state index is -0.116. The standard InChI is InChI=1S/C21H21N3O2/c1-15-17(20(25)23-10-5-6-11-23)13-18-19(22-15)9-12-24(21(18)26)14-16-7-3-2-4-8-16/h2-4,7-9,12-13H,5-6,10-11,14H2,1H3. The molecule has 0 radical (unpaired) electrons. The van der Waals surface area contributed by atoms with Gasteiger partial charge in [-0.1, -0.05) is 30.3 Å². The fraction of sp³-hybridized carbons (Fsp3) is 0.286. The number of pyridine rings is 2. The Morgan fingerprint density at radius 3 is 2.58 bits per heavy atom. The summed E-state index contributed by atoms with van der Waals surface area (Å²) in [6.07, 6.45) is 3.84. The Morgan fingerprint density at radius 2 is 1.85 bits per heavy atom. The van der Waals surface area contributed by atoms with Crippen molar-refractivity contribution in [2.75, 3.05) is 13.1 Å². The Labute approximate surface area is 151 Å². The molecule has 1 aliphatic rings. The first-order valence-corrected chi connectivity index (χ1v) is 8.97. The maximum absolute atomic E-state index is 12.9. The van der Waals surface area contributed by atoms with Crippen molar-refractivity contribution < 1.29 is 4.79 Å². The number of nitrogens with zero attached hydrogens (tertiary/aromatic N) is 3. The highest BCUT2D eigenvalue weighted by molar-refractivity contribution is 5.98. The first-order chi connectivity index (χ1) is 12.6. The van der Waals surface area contributed by atoms with Crippen molar-refractivity contribution in [1.82, 2.24) is 14.5 Å². The summed E-state index contributed by atoms with van der Waals surface area (Å²) in [4.78, 5) is 32.1. The molecule has 0 spiro atoms. The largest absolute Gasteiger partial charge is 0.339 e. The molecule has 1 fully saturated rings. The molecule has 0 unspecified atom stereocenters. The Bertz CT molecular complexity index is 1020. The van der Waals surface area contributed by atoms with Crippen molar-refractivity contribution in [2.24, 2.45) is 0 Å². The molecule has 5 heteroatoms. The number of likely N-dealkylation sites (tertiary alicyclic amines) is 1. The van der Waals surface area contributed by atoms with Gasteiger partial charge in [-0.25, -0.2) is 0 Å². The van der Waals surface area contributed by atoms with Crippen molar-refractivity contribution in [3.05, 3.63) is 75.8 Å². The van der Waals surface area contributed by atoms with Gasteiger partial charge in [0.15, 0.2) is 0 Å². The summed E-state index contributed by atoms with van der Waals surface area (Å²) in [5.74, 6) is -0.0211. The predicted octanol–water partition coefficient (Wildman–Crippen LogP) is 2.99. The number of hydrogen-bond donors (Lipinski definition) is 0. The van der Waals surface area contributed by atoms with Gasteiger partial charge in [-0.15, -0.1) is 0 Å². The molecule has 2 aromatic heterocycles. The summed E-state index contributed by atoms with van der Waals surface area (Å²) in [5, 5.41) is 0.497.